The number of hydrogen-bond acceptors (Lipinski definition) is 4. The van der Waals surface area contributed by atoms with E-state index < -0.39 is 0 Å². The second kappa shape index (κ2) is 7.54. The van der Waals surface area contributed by atoms with Crippen molar-refractivity contribution in [2.24, 2.45) is 0 Å². The fourth-order valence-corrected chi connectivity index (χ4v) is 2.56. The van der Waals surface area contributed by atoms with Crippen molar-refractivity contribution in [3.8, 4) is 5.40 Å². The summed E-state index contributed by atoms with van der Waals surface area (Å²) < 4.78 is 0. The Balaban J connectivity index is 2.65. The number of thioether (sulfide) groups is 1. The molecular weight excluding hydrogens is 158 g/mol. The van der Waals surface area contributed by atoms with Gasteiger partial charge in [-0.2, -0.15) is 5.26 Å². The summed E-state index contributed by atoms with van der Waals surface area (Å²) in [4.78, 5) is 0. The smallest absolute Gasteiger partial charge is 0.134 e. The minimum atomic E-state index is 0.884. The summed E-state index contributed by atoms with van der Waals surface area (Å²) in [5, 5.41) is 10.9. The molecular formula is C4H7NS3. The molecule has 0 spiro atoms. The molecule has 0 unspecified atom stereocenters. The van der Waals surface area contributed by atoms with Crippen molar-refractivity contribution in [3.05, 3.63) is 0 Å². The standard InChI is InChI=1S/C4H7NS3/c1-2-7-8-4-6-3-5/h2,4H2,1H3. The molecule has 0 atom stereocenters. The van der Waals surface area contributed by atoms with Crippen molar-refractivity contribution in [3.63, 3.8) is 0 Å². The molecule has 0 heterocycles. The van der Waals surface area contributed by atoms with Crippen LogP contribution in [-0.4, -0.2) is 10.8 Å². The molecule has 0 aliphatic carbocycles. The highest BCUT2D eigenvalue weighted by Crippen LogP contribution is 2.24. The van der Waals surface area contributed by atoms with Gasteiger partial charge in [0.15, 0.2) is 0 Å². The van der Waals surface area contributed by atoms with Gasteiger partial charge in [-0.1, -0.05) is 28.5 Å². The van der Waals surface area contributed by atoms with Crippen molar-refractivity contribution in [2.45, 2.75) is 6.92 Å². The van der Waals surface area contributed by atoms with Gasteiger partial charge in [0.1, 0.15) is 5.40 Å². The van der Waals surface area contributed by atoms with Gasteiger partial charge in [-0.25, -0.2) is 0 Å². The van der Waals surface area contributed by atoms with Gasteiger partial charge in [-0.3, -0.25) is 0 Å². The minimum absolute atomic E-state index is 0.884. The second-order valence-corrected chi connectivity index (χ2v) is 4.75. The summed E-state index contributed by atoms with van der Waals surface area (Å²) in [6, 6.07) is 0. The first-order valence-corrected chi connectivity index (χ1v) is 5.64. The molecule has 0 saturated carbocycles. The highest BCUT2D eigenvalue weighted by molar-refractivity contribution is 8.78. The van der Waals surface area contributed by atoms with Crippen molar-refractivity contribution in [2.75, 3.05) is 10.8 Å². The van der Waals surface area contributed by atoms with E-state index in [-0.39, 0.29) is 0 Å². The number of thiocyanates is 1. The molecule has 0 amide bonds. The summed E-state index contributed by atoms with van der Waals surface area (Å²) in [6.45, 7) is 2.11. The first-order valence-electron chi connectivity index (χ1n) is 2.17. The molecule has 0 radical (unpaired) electrons. The summed E-state index contributed by atoms with van der Waals surface area (Å²) >= 11 is 1.30. The molecule has 0 bridgehead atoms. The van der Waals surface area contributed by atoms with E-state index >= 15 is 0 Å². The number of hydrogen-bond donors (Lipinski definition) is 0. The Kier molecular flexibility index (Phi) is 8.05. The Morgan fingerprint density at radius 1 is 1.50 bits per heavy atom. The van der Waals surface area contributed by atoms with Crippen LogP contribution in [0.15, 0.2) is 0 Å². The summed E-state index contributed by atoms with van der Waals surface area (Å²) in [6.07, 6.45) is 0. The van der Waals surface area contributed by atoms with Crippen LogP contribution < -0.4 is 0 Å². The number of nitrogens with zero attached hydrogens (tertiary/aromatic N) is 1. The van der Waals surface area contributed by atoms with Crippen LogP contribution in [0.1, 0.15) is 6.92 Å². The highest BCUT2D eigenvalue weighted by atomic mass is 33.1. The third-order valence-electron chi connectivity index (χ3n) is 0.373. The third-order valence-corrected chi connectivity index (χ3v) is 3.83. The molecule has 0 rings (SSSR count). The summed E-state index contributed by atoms with van der Waals surface area (Å²) in [5.74, 6) is 1.12. The molecule has 0 aliphatic rings. The van der Waals surface area contributed by atoms with E-state index in [2.05, 4.69) is 6.92 Å². The molecule has 8 heavy (non-hydrogen) atoms. The first kappa shape index (κ1) is 8.54. The molecule has 0 aromatic rings. The van der Waals surface area contributed by atoms with Crippen LogP contribution in [0.4, 0.5) is 0 Å². The summed E-state index contributed by atoms with van der Waals surface area (Å²) in [5.41, 5.74) is 0. The maximum atomic E-state index is 8.06. The molecule has 46 valence electrons. The van der Waals surface area contributed by atoms with Crippen LogP contribution in [0.3, 0.4) is 0 Å². The fourth-order valence-electron chi connectivity index (χ4n) is 0.168. The molecule has 0 aromatic heterocycles. The molecule has 0 saturated heterocycles. The van der Waals surface area contributed by atoms with Crippen molar-refractivity contribution < 1.29 is 0 Å². The number of rotatable bonds is 4. The molecule has 0 N–H and O–H groups in total. The molecule has 4 heteroatoms. The molecule has 0 aliphatic heterocycles. The first-order chi connectivity index (χ1) is 3.91. The Morgan fingerprint density at radius 2 is 2.25 bits per heavy atom. The molecule has 0 fully saturated rings. The van der Waals surface area contributed by atoms with Gasteiger partial charge in [-0.05, 0) is 11.8 Å². The van der Waals surface area contributed by atoms with Crippen LogP contribution in [0, 0.1) is 10.7 Å². The van der Waals surface area contributed by atoms with Crippen LogP contribution >= 0.6 is 33.3 Å². The van der Waals surface area contributed by atoms with E-state index in [4.69, 9.17) is 5.26 Å². The van der Waals surface area contributed by atoms with Crippen molar-refractivity contribution >= 4 is 33.3 Å². The normalized spacial score (nSPS) is 8.50. The quantitative estimate of drug-likeness (QED) is 0.276. The van der Waals surface area contributed by atoms with E-state index in [0.717, 1.165) is 10.8 Å². The van der Waals surface area contributed by atoms with Crippen molar-refractivity contribution in [1.82, 2.24) is 0 Å². The third kappa shape index (κ3) is 6.54. The maximum absolute atomic E-state index is 8.06. The van der Waals surface area contributed by atoms with Gasteiger partial charge >= 0.3 is 0 Å². The SMILES string of the molecule is CCSSCSC#N. The van der Waals surface area contributed by atoms with E-state index in [1.165, 1.54) is 11.8 Å². The Hall–Kier alpha value is 0.540. The average molecular weight is 165 g/mol. The zero-order valence-electron chi connectivity index (χ0n) is 4.59. The van der Waals surface area contributed by atoms with E-state index in [0.29, 0.717) is 0 Å². The lowest BCUT2D eigenvalue weighted by Gasteiger charge is -1.88. The predicted octanol–water partition coefficient (Wildman–Crippen LogP) is 2.56. The van der Waals surface area contributed by atoms with Crippen LogP contribution in [0.25, 0.3) is 0 Å². The lowest BCUT2D eigenvalue weighted by molar-refractivity contribution is 1.54. The zero-order valence-corrected chi connectivity index (χ0v) is 7.04. The van der Waals surface area contributed by atoms with Crippen LogP contribution in [-0.2, 0) is 0 Å². The van der Waals surface area contributed by atoms with E-state index in [9.17, 15) is 0 Å². The van der Waals surface area contributed by atoms with Gasteiger partial charge in [-0.15, -0.1) is 0 Å². The fraction of sp³-hybridized carbons (Fsp3) is 0.750. The summed E-state index contributed by atoms with van der Waals surface area (Å²) in [7, 11) is 3.53. The second-order valence-electron chi connectivity index (χ2n) is 0.878. The average Bonchev–Trinajstić information content (AvgIpc) is 1.81. The monoisotopic (exact) mass is 165 g/mol. The van der Waals surface area contributed by atoms with Gasteiger partial charge in [0.05, 0.1) is 5.08 Å². The van der Waals surface area contributed by atoms with Gasteiger partial charge in [0.25, 0.3) is 0 Å². The zero-order chi connectivity index (χ0) is 6.24. The highest BCUT2D eigenvalue weighted by Gasteiger charge is 1.84. The Morgan fingerprint density at radius 3 is 2.75 bits per heavy atom. The van der Waals surface area contributed by atoms with Gasteiger partial charge < -0.3 is 0 Å². The topological polar surface area (TPSA) is 23.8 Å². The predicted molar refractivity (Wildman–Crippen MR) is 43.8 cm³/mol. The lowest BCUT2D eigenvalue weighted by Crippen LogP contribution is -1.61. The molecule has 1 nitrogen and oxygen atoms in total. The van der Waals surface area contributed by atoms with E-state index in [1.807, 2.05) is 5.40 Å². The van der Waals surface area contributed by atoms with Crippen LogP contribution in [0.2, 0.25) is 0 Å². The van der Waals surface area contributed by atoms with Gasteiger partial charge in [0.2, 0.25) is 0 Å². The lowest BCUT2D eigenvalue weighted by atomic mass is 11.0. The maximum Gasteiger partial charge on any atom is 0.134 e. The largest absolute Gasteiger partial charge is 0.185 e. The Bertz CT molecular complexity index is 77.8. The molecule has 0 aromatic carbocycles. The number of nitriles is 1. The minimum Gasteiger partial charge on any atom is -0.185 e. The van der Waals surface area contributed by atoms with Crippen molar-refractivity contribution in [1.29, 1.82) is 5.26 Å². The Labute approximate surface area is 62.0 Å². The van der Waals surface area contributed by atoms with Crippen LogP contribution in [0.5, 0.6) is 0 Å². The van der Waals surface area contributed by atoms with E-state index in [1.54, 1.807) is 21.6 Å². The van der Waals surface area contributed by atoms with Gasteiger partial charge in [0, 0.05) is 5.75 Å².